The number of aromatic nitrogens is 3. The Bertz CT molecular complexity index is 1730. The molecule has 2 amide bonds. The van der Waals surface area contributed by atoms with Crippen LogP contribution >= 0.6 is 11.6 Å². The van der Waals surface area contributed by atoms with Crippen molar-refractivity contribution >= 4 is 52.8 Å². The van der Waals surface area contributed by atoms with E-state index in [1.807, 2.05) is 12.1 Å². The zero-order chi connectivity index (χ0) is 37.3. The lowest BCUT2D eigenvalue weighted by molar-refractivity contribution is -0.154. The minimum Gasteiger partial charge on any atom is -0.480 e. The van der Waals surface area contributed by atoms with Gasteiger partial charge in [-0.2, -0.15) is 28.1 Å². The molecule has 1 atom stereocenters. The van der Waals surface area contributed by atoms with Gasteiger partial charge in [-0.3, -0.25) is 14.4 Å². The smallest absolute Gasteiger partial charge is 0.422 e. The molecular weight excluding hydrogens is 707 g/mol. The van der Waals surface area contributed by atoms with Crippen LogP contribution in [0.15, 0.2) is 48.5 Å². The quantitative estimate of drug-likeness (QED) is 0.103. The maximum absolute atomic E-state index is 12.9. The highest BCUT2D eigenvalue weighted by molar-refractivity contribution is 6.36. The van der Waals surface area contributed by atoms with E-state index >= 15 is 0 Å². The Balaban J connectivity index is 1.17. The van der Waals surface area contributed by atoms with Crippen LogP contribution in [0, 0.1) is 5.92 Å². The lowest BCUT2D eigenvalue weighted by Crippen LogP contribution is -2.43. The Kier molecular flexibility index (Phi) is 12.5. The van der Waals surface area contributed by atoms with Crippen molar-refractivity contribution in [1.82, 2.24) is 25.6 Å². The number of alkyl halides is 3. The molecule has 1 heterocycles. The normalized spacial score (nSPS) is 15.9. The highest BCUT2D eigenvalue weighted by Gasteiger charge is 2.45. The van der Waals surface area contributed by atoms with Gasteiger partial charge in [-0.25, -0.2) is 4.79 Å². The molecule has 2 aromatic carbocycles. The second kappa shape index (κ2) is 17.0. The minimum absolute atomic E-state index is 0.0298. The number of carboxylic acids is 1. The van der Waals surface area contributed by atoms with Gasteiger partial charge in [0.2, 0.25) is 17.7 Å². The van der Waals surface area contributed by atoms with Crippen LogP contribution in [0.1, 0.15) is 80.1 Å². The van der Waals surface area contributed by atoms with E-state index in [0.717, 1.165) is 31.2 Å². The van der Waals surface area contributed by atoms with Crippen LogP contribution in [0.2, 0.25) is 5.02 Å². The molecule has 0 unspecified atom stereocenters. The highest BCUT2D eigenvalue weighted by Crippen LogP contribution is 2.48. The minimum atomic E-state index is -4.63. The SMILES string of the molecule is O=C(CCC1CCCCC1)C(=O)NCC[C@H](NC(=O)c1ccc(Nc2nc(NC3(c4ccc(Cl)cc4)CC3)nc(OCC(F)(F)F)n2)cc1)C(=O)O. The first-order valence-electron chi connectivity index (χ1n) is 17.0. The Labute approximate surface area is 302 Å². The van der Waals surface area contributed by atoms with Gasteiger partial charge >= 0.3 is 18.2 Å². The average Bonchev–Trinajstić information content (AvgIpc) is 3.90. The highest BCUT2D eigenvalue weighted by atomic mass is 35.5. The number of anilines is 3. The Morgan fingerprint density at radius 3 is 2.25 bits per heavy atom. The van der Waals surface area contributed by atoms with Crippen LogP contribution in [0.3, 0.4) is 0 Å². The van der Waals surface area contributed by atoms with E-state index in [4.69, 9.17) is 16.3 Å². The summed E-state index contributed by atoms with van der Waals surface area (Å²) in [5.41, 5.74) is 0.790. The maximum Gasteiger partial charge on any atom is 0.422 e. The van der Waals surface area contributed by atoms with E-state index in [2.05, 4.69) is 36.2 Å². The van der Waals surface area contributed by atoms with E-state index in [0.29, 0.717) is 35.9 Å². The first-order chi connectivity index (χ1) is 24.8. The number of aliphatic carboxylic acids is 1. The van der Waals surface area contributed by atoms with Crippen LogP contribution in [0.4, 0.5) is 30.8 Å². The van der Waals surface area contributed by atoms with Crippen LogP contribution < -0.4 is 26.0 Å². The van der Waals surface area contributed by atoms with E-state index < -0.39 is 53.9 Å². The first-order valence-corrected chi connectivity index (χ1v) is 17.4. The van der Waals surface area contributed by atoms with Gasteiger partial charge < -0.3 is 31.1 Å². The number of Topliss-reactive ketones (excluding diaryl/α,β-unsaturated/α-hetero) is 1. The first kappa shape index (κ1) is 38.2. The summed E-state index contributed by atoms with van der Waals surface area (Å²) in [5.74, 6) is -3.08. The lowest BCUT2D eigenvalue weighted by Gasteiger charge is -2.20. The van der Waals surface area contributed by atoms with Crippen LogP contribution in [-0.2, 0) is 19.9 Å². The summed E-state index contributed by atoms with van der Waals surface area (Å²) in [6.45, 7) is -1.75. The van der Waals surface area contributed by atoms with Crippen molar-refractivity contribution in [2.45, 2.75) is 82.0 Å². The number of hydrogen-bond acceptors (Lipinski definition) is 10. The Morgan fingerprint density at radius 1 is 0.942 bits per heavy atom. The number of ketones is 1. The van der Waals surface area contributed by atoms with E-state index in [-0.39, 0.29) is 36.8 Å². The molecule has 13 nitrogen and oxygen atoms in total. The zero-order valence-corrected chi connectivity index (χ0v) is 28.9. The van der Waals surface area contributed by atoms with Crippen molar-refractivity contribution in [1.29, 1.82) is 0 Å². The number of nitrogens with zero attached hydrogens (tertiary/aromatic N) is 3. The summed E-state index contributed by atoms with van der Waals surface area (Å²) in [7, 11) is 0. The van der Waals surface area contributed by atoms with Gasteiger partial charge in [-0.05, 0) is 73.6 Å². The van der Waals surface area contributed by atoms with Crippen molar-refractivity contribution in [3.63, 3.8) is 0 Å². The van der Waals surface area contributed by atoms with E-state index in [1.165, 1.54) is 30.7 Å². The number of rotatable bonds is 17. The number of carboxylic acid groups (broad SMARTS) is 1. The number of nitrogens with one attached hydrogen (secondary N) is 4. The topological polar surface area (TPSA) is 185 Å². The summed E-state index contributed by atoms with van der Waals surface area (Å²) in [5, 5.41) is 21.1. The monoisotopic (exact) mass is 745 g/mol. The van der Waals surface area contributed by atoms with Gasteiger partial charge in [-0.15, -0.1) is 0 Å². The molecule has 3 aromatic rings. The Morgan fingerprint density at radius 2 is 1.62 bits per heavy atom. The Hall–Kier alpha value is -4.99. The van der Waals surface area contributed by atoms with Crippen molar-refractivity contribution < 1.29 is 42.2 Å². The van der Waals surface area contributed by atoms with Gasteiger partial charge in [-0.1, -0.05) is 55.8 Å². The maximum atomic E-state index is 12.9. The molecule has 2 aliphatic carbocycles. The molecule has 0 aliphatic heterocycles. The predicted molar refractivity (Wildman–Crippen MR) is 184 cm³/mol. The predicted octanol–water partition coefficient (Wildman–Crippen LogP) is 5.93. The third kappa shape index (κ3) is 11.3. The van der Waals surface area contributed by atoms with Gasteiger partial charge in [0.1, 0.15) is 6.04 Å². The molecule has 0 spiro atoms. The second-order valence-corrected chi connectivity index (χ2v) is 13.4. The molecule has 5 rings (SSSR count). The molecule has 278 valence electrons. The second-order valence-electron chi connectivity index (χ2n) is 13.0. The molecule has 0 bridgehead atoms. The molecule has 1 aromatic heterocycles. The largest absolute Gasteiger partial charge is 0.480 e. The fraction of sp³-hybridized carbons (Fsp3) is 0.457. The fourth-order valence-electron chi connectivity index (χ4n) is 5.96. The zero-order valence-electron chi connectivity index (χ0n) is 28.1. The summed E-state index contributed by atoms with van der Waals surface area (Å²) in [6.07, 6.45) is 3.01. The standard InChI is InChI=1S/C35H39ClF3N7O6/c36-24-11-9-23(10-12-24)34(17-18-34)46-32-43-31(44-33(45-32)52-20-35(37,38)39)41-25-13-7-22(8-14-25)28(48)42-26(30(50)51)16-19-40-29(49)27(47)15-6-21-4-2-1-3-5-21/h7-14,21,26H,1-6,15-20H2,(H,40,49)(H,42,48)(H,50,51)(H2,41,43,44,45,46)/t26-/m0/s1. The van der Waals surface area contributed by atoms with Gasteiger partial charge in [0.05, 0.1) is 5.54 Å². The summed E-state index contributed by atoms with van der Waals surface area (Å²) in [4.78, 5) is 61.5. The third-order valence-corrected chi connectivity index (χ3v) is 9.21. The molecular formula is C35H39ClF3N7O6. The number of ether oxygens (including phenoxy) is 1. The number of hydrogen-bond donors (Lipinski definition) is 5. The molecule has 52 heavy (non-hydrogen) atoms. The van der Waals surface area contributed by atoms with Gasteiger partial charge in [0.15, 0.2) is 6.61 Å². The molecule has 5 N–H and O–H groups in total. The fourth-order valence-corrected chi connectivity index (χ4v) is 6.09. The lowest BCUT2D eigenvalue weighted by atomic mass is 9.85. The van der Waals surface area contributed by atoms with Gasteiger partial charge in [0, 0.05) is 29.2 Å². The number of carbonyl (C=O) groups is 4. The van der Waals surface area contributed by atoms with Crippen molar-refractivity contribution in [2.24, 2.45) is 5.92 Å². The van der Waals surface area contributed by atoms with Crippen molar-refractivity contribution in [3.8, 4) is 6.01 Å². The molecule has 0 saturated heterocycles. The van der Waals surface area contributed by atoms with E-state index in [1.54, 1.807) is 12.1 Å². The summed E-state index contributed by atoms with van der Waals surface area (Å²) in [6, 6.07) is 10.9. The van der Waals surface area contributed by atoms with Gasteiger partial charge in [0.25, 0.3) is 11.8 Å². The van der Waals surface area contributed by atoms with Crippen LogP contribution in [-0.4, -0.2) is 69.0 Å². The van der Waals surface area contributed by atoms with Crippen LogP contribution in [0.25, 0.3) is 0 Å². The summed E-state index contributed by atoms with van der Waals surface area (Å²) < 4.78 is 43.6. The molecule has 17 heteroatoms. The molecule has 0 radical (unpaired) electrons. The van der Waals surface area contributed by atoms with Crippen molar-refractivity contribution in [2.75, 3.05) is 23.8 Å². The molecule has 2 saturated carbocycles. The molecule has 2 fully saturated rings. The number of halogens is 4. The summed E-state index contributed by atoms with van der Waals surface area (Å²) >= 11 is 6.02. The van der Waals surface area contributed by atoms with Crippen LogP contribution in [0.5, 0.6) is 6.01 Å². The number of carbonyl (C=O) groups excluding carboxylic acids is 3. The third-order valence-electron chi connectivity index (χ3n) is 8.96. The molecule has 2 aliphatic rings. The average molecular weight is 746 g/mol. The van der Waals surface area contributed by atoms with E-state index in [9.17, 15) is 37.5 Å². The number of amides is 2. The van der Waals surface area contributed by atoms with Crippen molar-refractivity contribution in [3.05, 3.63) is 64.7 Å². The number of benzene rings is 2.